The molecule has 0 aliphatic heterocycles. The molecule has 6 heteroatoms. The van der Waals surface area contributed by atoms with Gasteiger partial charge in [0, 0.05) is 11.4 Å². The predicted octanol–water partition coefficient (Wildman–Crippen LogP) is 7.00. The maximum Gasteiger partial charge on any atom is 0.305 e. The van der Waals surface area contributed by atoms with Gasteiger partial charge >= 0.3 is 5.97 Å². The highest BCUT2D eigenvalue weighted by Crippen LogP contribution is 2.35. The molecule has 2 aromatic carbocycles. The monoisotopic (exact) mass is 493 g/mol. The van der Waals surface area contributed by atoms with Gasteiger partial charge in [0.05, 0.1) is 11.3 Å². The number of hydrogen-bond acceptors (Lipinski definition) is 4. The Kier molecular flexibility index (Phi) is 8.39. The van der Waals surface area contributed by atoms with E-state index in [4.69, 9.17) is 9.84 Å². The number of carbonyl (C=O) groups is 2. The Labute approximate surface area is 212 Å². The summed E-state index contributed by atoms with van der Waals surface area (Å²) in [5.74, 6) is -0.213. The van der Waals surface area contributed by atoms with E-state index in [0.717, 1.165) is 16.2 Å². The lowest BCUT2D eigenvalue weighted by Gasteiger charge is -2.22. The van der Waals surface area contributed by atoms with Crippen molar-refractivity contribution >= 4 is 23.2 Å². The molecule has 0 aliphatic rings. The molecule has 1 heterocycles. The van der Waals surface area contributed by atoms with Crippen molar-refractivity contribution in [2.45, 2.75) is 59.5 Å². The smallest absolute Gasteiger partial charge is 0.305 e. The fraction of sp³-hybridized carbons (Fsp3) is 0.379. The predicted molar refractivity (Wildman–Crippen MR) is 142 cm³/mol. The minimum absolute atomic E-state index is 0.0994. The number of carboxylic acid groups (broad SMARTS) is 1. The largest absolute Gasteiger partial charge is 0.485 e. The molecule has 1 amide bonds. The van der Waals surface area contributed by atoms with Crippen LogP contribution in [-0.4, -0.2) is 23.5 Å². The fourth-order valence-electron chi connectivity index (χ4n) is 3.85. The van der Waals surface area contributed by atoms with Gasteiger partial charge in [0.1, 0.15) is 11.9 Å². The summed E-state index contributed by atoms with van der Waals surface area (Å²) in [6, 6.07) is 18.6. The summed E-state index contributed by atoms with van der Waals surface area (Å²) in [6.07, 6.45) is -0.297. The second-order valence-electron chi connectivity index (χ2n) is 10.2. The van der Waals surface area contributed by atoms with Crippen LogP contribution in [0, 0.1) is 12.8 Å². The van der Waals surface area contributed by atoms with Crippen molar-refractivity contribution in [2.24, 2.45) is 5.92 Å². The van der Waals surface area contributed by atoms with Crippen molar-refractivity contribution in [2.75, 3.05) is 6.54 Å². The first-order chi connectivity index (χ1) is 16.5. The molecule has 2 N–H and O–H groups in total. The minimum atomic E-state index is -0.936. The number of ether oxygens (including phenoxy) is 1. The van der Waals surface area contributed by atoms with Crippen molar-refractivity contribution in [1.29, 1.82) is 0 Å². The molecule has 1 aromatic heterocycles. The number of rotatable bonds is 9. The Balaban J connectivity index is 1.74. The van der Waals surface area contributed by atoms with Crippen LogP contribution in [0.1, 0.15) is 72.8 Å². The molecule has 0 aliphatic carbocycles. The number of aryl methyl sites for hydroxylation is 1. The van der Waals surface area contributed by atoms with E-state index in [9.17, 15) is 9.59 Å². The van der Waals surface area contributed by atoms with E-state index < -0.39 is 5.97 Å². The van der Waals surface area contributed by atoms with Crippen molar-refractivity contribution in [3.05, 3.63) is 75.5 Å². The third kappa shape index (κ3) is 6.95. The van der Waals surface area contributed by atoms with E-state index in [-0.39, 0.29) is 36.3 Å². The number of amides is 1. The van der Waals surface area contributed by atoms with Crippen LogP contribution in [0.15, 0.2) is 54.6 Å². The van der Waals surface area contributed by atoms with Gasteiger partial charge in [0.2, 0.25) is 0 Å². The van der Waals surface area contributed by atoms with E-state index in [1.807, 2.05) is 12.1 Å². The number of thiophene rings is 1. The van der Waals surface area contributed by atoms with Crippen molar-refractivity contribution in [3.63, 3.8) is 0 Å². The lowest BCUT2D eigenvalue weighted by Crippen LogP contribution is -2.25. The summed E-state index contributed by atoms with van der Waals surface area (Å²) in [7, 11) is 0. The summed E-state index contributed by atoms with van der Waals surface area (Å²) in [4.78, 5) is 24.5. The van der Waals surface area contributed by atoms with Gasteiger partial charge < -0.3 is 15.2 Å². The molecule has 5 nitrogen and oxygen atoms in total. The van der Waals surface area contributed by atoms with Gasteiger partial charge in [-0.2, -0.15) is 0 Å². The molecule has 0 fully saturated rings. The third-order valence-electron chi connectivity index (χ3n) is 5.88. The summed E-state index contributed by atoms with van der Waals surface area (Å²) in [5, 5.41) is 11.4. The SMILES string of the molecule is Cc1cc(O[C@H](c2ccc(C(=O)NCCC(=O)O)s2)C(C)C)ccc1-c1ccc(C(C)(C)C)cc1. The zero-order valence-electron chi connectivity index (χ0n) is 21.3. The number of nitrogens with one attached hydrogen (secondary N) is 1. The third-order valence-corrected chi connectivity index (χ3v) is 7.03. The van der Waals surface area contributed by atoms with Gasteiger partial charge in [-0.3, -0.25) is 9.59 Å². The van der Waals surface area contributed by atoms with Gasteiger partial charge in [0.25, 0.3) is 5.91 Å². The summed E-state index contributed by atoms with van der Waals surface area (Å²) >= 11 is 1.38. The molecule has 0 saturated carbocycles. The van der Waals surface area contributed by atoms with Gasteiger partial charge in [0.15, 0.2) is 0 Å². The van der Waals surface area contributed by atoms with Crippen LogP contribution in [0.3, 0.4) is 0 Å². The van der Waals surface area contributed by atoms with Crippen LogP contribution in [0.4, 0.5) is 0 Å². The van der Waals surface area contributed by atoms with Gasteiger partial charge in [-0.25, -0.2) is 0 Å². The summed E-state index contributed by atoms with van der Waals surface area (Å²) in [6.45, 7) is 13.0. The number of benzene rings is 2. The van der Waals surface area contributed by atoms with Crippen LogP contribution in [-0.2, 0) is 10.2 Å². The van der Waals surface area contributed by atoms with E-state index >= 15 is 0 Å². The molecule has 0 unspecified atom stereocenters. The molecule has 0 saturated heterocycles. The maximum atomic E-state index is 12.3. The Hall–Kier alpha value is -3.12. The van der Waals surface area contributed by atoms with Crippen molar-refractivity contribution in [1.82, 2.24) is 5.32 Å². The zero-order valence-corrected chi connectivity index (χ0v) is 22.2. The molecule has 0 radical (unpaired) electrons. The van der Waals surface area contributed by atoms with Crippen LogP contribution in [0.25, 0.3) is 11.1 Å². The Morgan fingerprint density at radius 3 is 2.29 bits per heavy atom. The average Bonchev–Trinajstić information content (AvgIpc) is 3.26. The normalized spacial score (nSPS) is 12.4. The van der Waals surface area contributed by atoms with Crippen LogP contribution in [0.2, 0.25) is 0 Å². The molecule has 3 rings (SSSR count). The number of carbonyl (C=O) groups excluding carboxylic acids is 1. The number of carboxylic acids is 1. The summed E-state index contributed by atoms with van der Waals surface area (Å²) < 4.78 is 6.40. The molecule has 186 valence electrons. The quantitative estimate of drug-likeness (QED) is 0.336. The number of aliphatic carboxylic acids is 1. The maximum absolute atomic E-state index is 12.3. The highest BCUT2D eigenvalue weighted by molar-refractivity contribution is 7.14. The first kappa shape index (κ1) is 26.5. The zero-order chi connectivity index (χ0) is 25.8. The Morgan fingerprint density at radius 1 is 1.03 bits per heavy atom. The van der Waals surface area contributed by atoms with Crippen molar-refractivity contribution < 1.29 is 19.4 Å². The topological polar surface area (TPSA) is 75.6 Å². The average molecular weight is 494 g/mol. The molecule has 35 heavy (non-hydrogen) atoms. The Bertz CT molecular complexity index is 1170. The molecular weight excluding hydrogens is 458 g/mol. The lowest BCUT2D eigenvalue weighted by molar-refractivity contribution is -0.136. The fourth-order valence-corrected chi connectivity index (χ4v) is 4.98. The van der Waals surface area contributed by atoms with E-state index in [2.05, 4.69) is 83.3 Å². The van der Waals surface area contributed by atoms with Gasteiger partial charge in [-0.1, -0.05) is 65.0 Å². The molecule has 0 bridgehead atoms. The molecule has 3 aromatic rings. The highest BCUT2D eigenvalue weighted by Gasteiger charge is 2.22. The molecular formula is C29H35NO4S. The highest BCUT2D eigenvalue weighted by atomic mass is 32.1. The number of hydrogen-bond donors (Lipinski definition) is 2. The first-order valence-electron chi connectivity index (χ1n) is 11.9. The minimum Gasteiger partial charge on any atom is -0.485 e. The second kappa shape index (κ2) is 11.1. The van der Waals surface area contributed by atoms with Crippen LogP contribution in [0.5, 0.6) is 5.75 Å². The molecule has 0 spiro atoms. The van der Waals surface area contributed by atoms with Crippen molar-refractivity contribution in [3.8, 4) is 16.9 Å². The first-order valence-corrected chi connectivity index (χ1v) is 12.8. The van der Waals surface area contributed by atoms with Crippen LogP contribution < -0.4 is 10.1 Å². The van der Waals surface area contributed by atoms with E-state index in [0.29, 0.717) is 4.88 Å². The van der Waals surface area contributed by atoms with E-state index in [1.165, 1.54) is 28.0 Å². The molecule has 1 atom stereocenters. The van der Waals surface area contributed by atoms with Gasteiger partial charge in [-0.15, -0.1) is 11.3 Å². The van der Waals surface area contributed by atoms with E-state index in [1.54, 1.807) is 6.07 Å². The lowest BCUT2D eigenvalue weighted by atomic mass is 9.86. The standard InChI is InChI=1S/C29H35NO4S/c1-18(2)27(24-13-14-25(35-24)28(33)30-16-15-26(31)32)34-22-11-12-23(19(3)17-22)20-7-9-21(10-8-20)29(4,5)6/h7-14,17-18,27H,15-16H2,1-6H3,(H,30,33)(H,31,32)/t27-/m0/s1. The second-order valence-corrected chi connectivity index (χ2v) is 11.3. The Morgan fingerprint density at radius 2 is 1.71 bits per heavy atom. The van der Waals surface area contributed by atoms with Gasteiger partial charge in [-0.05, 0) is 64.8 Å². The van der Waals surface area contributed by atoms with Crippen LogP contribution >= 0.6 is 11.3 Å². The summed E-state index contributed by atoms with van der Waals surface area (Å²) in [5.41, 5.74) is 4.93.